The average Bonchev–Trinajstić information content (AvgIpc) is 2.43. The van der Waals surface area contributed by atoms with E-state index in [0.29, 0.717) is 12.8 Å². The van der Waals surface area contributed by atoms with Gasteiger partial charge < -0.3 is 10.2 Å². The maximum absolute atomic E-state index is 11.3. The topological polar surface area (TPSA) is 60.8 Å². The molecule has 2 atom stereocenters. The number of β-amino-alcohol motifs (C(OH)–C–C–N with tert-alkyl or cyclic N) is 1. The Morgan fingerprint density at radius 1 is 1.62 bits per heavy atom. The average molecular weight is 227 g/mol. The second-order valence-electron chi connectivity index (χ2n) is 5.53. The van der Waals surface area contributed by atoms with E-state index in [-0.39, 0.29) is 12.0 Å². The van der Waals surface area contributed by atoms with Crippen molar-refractivity contribution in [2.45, 2.75) is 45.3 Å². The number of carboxylic acid groups (broad SMARTS) is 1. The summed E-state index contributed by atoms with van der Waals surface area (Å²) in [5, 5.41) is 19.0. The number of rotatable bonds is 2. The normalized spacial score (nSPS) is 30.5. The molecule has 0 aromatic carbocycles. The Kier molecular flexibility index (Phi) is 3.33. The summed E-state index contributed by atoms with van der Waals surface area (Å²) in [5.41, 5.74) is -0.767. The van der Waals surface area contributed by atoms with Gasteiger partial charge in [-0.1, -0.05) is 26.8 Å². The third-order valence-corrected chi connectivity index (χ3v) is 3.59. The molecule has 2 N–H and O–H groups in total. The van der Waals surface area contributed by atoms with Gasteiger partial charge in [0.05, 0.1) is 18.2 Å². The number of amides is 1. The van der Waals surface area contributed by atoms with Crippen molar-refractivity contribution in [2.24, 2.45) is 5.41 Å². The van der Waals surface area contributed by atoms with Gasteiger partial charge in [-0.25, -0.2) is 4.79 Å². The SMILES string of the molecule is C=CC[C@@]1(C(C)(C)C)C[C@H](O)CN1C(=O)O. The first-order valence-corrected chi connectivity index (χ1v) is 5.54. The van der Waals surface area contributed by atoms with E-state index in [1.54, 1.807) is 6.08 Å². The molecule has 1 amide bonds. The van der Waals surface area contributed by atoms with E-state index in [1.807, 2.05) is 20.8 Å². The van der Waals surface area contributed by atoms with E-state index in [9.17, 15) is 15.0 Å². The van der Waals surface area contributed by atoms with Crippen molar-refractivity contribution in [1.29, 1.82) is 0 Å². The van der Waals surface area contributed by atoms with Crippen LogP contribution in [0.3, 0.4) is 0 Å². The van der Waals surface area contributed by atoms with Gasteiger partial charge in [-0.2, -0.15) is 0 Å². The largest absolute Gasteiger partial charge is 0.465 e. The molecule has 0 spiro atoms. The molecule has 0 radical (unpaired) electrons. The summed E-state index contributed by atoms with van der Waals surface area (Å²) in [6.07, 6.45) is 1.25. The van der Waals surface area contributed by atoms with Crippen LogP contribution < -0.4 is 0 Å². The van der Waals surface area contributed by atoms with E-state index in [2.05, 4.69) is 6.58 Å². The van der Waals surface area contributed by atoms with E-state index in [1.165, 1.54) is 4.90 Å². The number of nitrogens with zero attached hydrogens (tertiary/aromatic N) is 1. The van der Waals surface area contributed by atoms with Crippen molar-refractivity contribution >= 4 is 6.09 Å². The third kappa shape index (κ3) is 1.94. The summed E-state index contributed by atoms with van der Waals surface area (Å²) in [6, 6.07) is 0. The molecule has 0 saturated carbocycles. The fourth-order valence-corrected chi connectivity index (χ4v) is 2.66. The molecule has 4 heteroatoms. The summed E-state index contributed by atoms with van der Waals surface area (Å²) >= 11 is 0. The van der Waals surface area contributed by atoms with Crippen LogP contribution in [0.4, 0.5) is 4.79 Å². The minimum atomic E-state index is -0.965. The van der Waals surface area contributed by atoms with Gasteiger partial charge in [0.2, 0.25) is 0 Å². The zero-order chi connectivity index (χ0) is 12.6. The van der Waals surface area contributed by atoms with Crippen LogP contribution in [0.2, 0.25) is 0 Å². The van der Waals surface area contributed by atoms with E-state index in [4.69, 9.17) is 0 Å². The lowest BCUT2D eigenvalue weighted by molar-refractivity contribution is 0.0324. The first-order valence-electron chi connectivity index (χ1n) is 5.54. The fraction of sp³-hybridized carbons (Fsp3) is 0.750. The quantitative estimate of drug-likeness (QED) is 0.710. The molecule has 1 aliphatic rings. The smallest absolute Gasteiger partial charge is 0.407 e. The van der Waals surface area contributed by atoms with Crippen molar-refractivity contribution in [3.05, 3.63) is 12.7 Å². The van der Waals surface area contributed by atoms with Crippen LogP contribution in [0.1, 0.15) is 33.6 Å². The Morgan fingerprint density at radius 3 is 2.56 bits per heavy atom. The van der Waals surface area contributed by atoms with Crippen molar-refractivity contribution in [3.8, 4) is 0 Å². The lowest BCUT2D eigenvalue weighted by Gasteiger charge is -2.46. The predicted molar refractivity (Wildman–Crippen MR) is 62.4 cm³/mol. The van der Waals surface area contributed by atoms with Crippen LogP contribution in [0.25, 0.3) is 0 Å². The molecule has 16 heavy (non-hydrogen) atoms. The standard InChI is InChI=1S/C12H21NO3/c1-5-6-12(11(2,3)4)7-9(14)8-13(12)10(15)16/h5,9,14H,1,6-8H2,2-4H3,(H,15,16)/t9-,12-/m0/s1. The monoisotopic (exact) mass is 227 g/mol. The fourth-order valence-electron chi connectivity index (χ4n) is 2.66. The van der Waals surface area contributed by atoms with Gasteiger partial charge >= 0.3 is 6.09 Å². The molecule has 92 valence electrons. The van der Waals surface area contributed by atoms with Gasteiger partial charge in [0.25, 0.3) is 0 Å². The van der Waals surface area contributed by atoms with E-state index >= 15 is 0 Å². The molecule has 0 bridgehead atoms. The molecule has 1 aliphatic heterocycles. The van der Waals surface area contributed by atoms with Crippen LogP contribution in [-0.4, -0.2) is 39.4 Å². The molecule has 1 fully saturated rings. The highest BCUT2D eigenvalue weighted by Gasteiger charge is 2.53. The Hall–Kier alpha value is -1.03. The second kappa shape index (κ2) is 4.09. The van der Waals surface area contributed by atoms with Gasteiger partial charge in [0, 0.05) is 0 Å². The molecular weight excluding hydrogens is 206 g/mol. The Balaban J connectivity index is 3.16. The van der Waals surface area contributed by atoms with E-state index < -0.39 is 17.7 Å². The Labute approximate surface area is 96.6 Å². The number of aliphatic hydroxyl groups excluding tert-OH is 1. The maximum atomic E-state index is 11.3. The number of carbonyl (C=O) groups is 1. The van der Waals surface area contributed by atoms with Crippen molar-refractivity contribution in [3.63, 3.8) is 0 Å². The molecule has 0 unspecified atom stereocenters. The predicted octanol–water partition coefficient (Wildman–Crippen LogP) is 2.09. The van der Waals surface area contributed by atoms with Gasteiger partial charge in [0.1, 0.15) is 0 Å². The van der Waals surface area contributed by atoms with Crippen LogP contribution in [-0.2, 0) is 0 Å². The highest BCUT2D eigenvalue weighted by atomic mass is 16.4. The second-order valence-corrected chi connectivity index (χ2v) is 5.53. The van der Waals surface area contributed by atoms with Crippen LogP contribution in [0, 0.1) is 5.41 Å². The molecular formula is C12H21NO3. The van der Waals surface area contributed by atoms with Crippen LogP contribution in [0.5, 0.6) is 0 Å². The van der Waals surface area contributed by atoms with Gasteiger partial charge in [-0.05, 0) is 18.3 Å². The third-order valence-electron chi connectivity index (χ3n) is 3.59. The lowest BCUT2D eigenvalue weighted by atomic mass is 9.69. The summed E-state index contributed by atoms with van der Waals surface area (Å²) in [5.74, 6) is 0. The van der Waals surface area contributed by atoms with E-state index in [0.717, 1.165) is 0 Å². The van der Waals surface area contributed by atoms with Crippen molar-refractivity contribution in [1.82, 2.24) is 4.90 Å². The molecule has 4 nitrogen and oxygen atoms in total. The van der Waals surface area contributed by atoms with Gasteiger partial charge in [-0.15, -0.1) is 6.58 Å². The van der Waals surface area contributed by atoms with Gasteiger partial charge in [0.15, 0.2) is 0 Å². The lowest BCUT2D eigenvalue weighted by Crippen LogP contribution is -2.54. The number of likely N-dealkylation sites (tertiary alicyclic amines) is 1. The molecule has 1 saturated heterocycles. The Morgan fingerprint density at radius 2 is 2.19 bits per heavy atom. The highest BCUT2D eigenvalue weighted by Crippen LogP contribution is 2.46. The highest BCUT2D eigenvalue weighted by molar-refractivity contribution is 5.67. The molecule has 0 aromatic heterocycles. The van der Waals surface area contributed by atoms with Gasteiger partial charge in [-0.3, -0.25) is 4.90 Å². The summed E-state index contributed by atoms with van der Waals surface area (Å²) in [7, 11) is 0. The minimum absolute atomic E-state index is 0.195. The zero-order valence-electron chi connectivity index (χ0n) is 10.2. The summed E-state index contributed by atoms with van der Waals surface area (Å²) in [4.78, 5) is 12.6. The zero-order valence-corrected chi connectivity index (χ0v) is 10.2. The molecule has 0 aliphatic carbocycles. The maximum Gasteiger partial charge on any atom is 0.407 e. The molecule has 1 rings (SSSR count). The van der Waals surface area contributed by atoms with Crippen molar-refractivity contribution in [2.75, 3.05) is 6.54 Å². The van der Waals surface area contributed by atoms with Crippen LogP contribution >= 0.6 is 0 Å². The van der Waals surface area contributed by atoms with Crippen LogP contribution in [0.15, 0.2) is 12.7 Å². The number of aliphatic hydroxyl groups is 1. The van der Waals surface area contributed by atoms with Crippen molar-refractivity contribution < 1.29 is 15.0 Å². The number of hydrogen-bond donors (Lipinski definition) is 2. The first-order chi connectivity index (χ1) is 7.24. The first kappa shape index (κ1) is 13.0. The minimum Gasteiger partial charge on any atom is -0.465 e. The Bertz CT molecular complexity index is 295. The number of hydrogen-bond acceptors (Lipinski definition) is 2. The summed E-state index contributed by atoms with van der Waals surface area (Å²) in [6.45, 7) is 9.91. The summed E-state index contributed by atoms with van der Waals surface area (Å²) < 4.78 is 0. The molecule has 0 aromatic rings. The molecule has 1 heterocycles.